The van der Waals surface area contributed by atoms with Crippen LogP contribution in [0.3, 0.4) is 0 Å². The molecule has 0 saturated carbocycles. The Morgan fingerprint density at radius 2 is 1.97 bits per heavy atom. The third-order valence-electron chi connectivity index (χ3n) is 4.85. The number of aryl methyl sites for hydroxylation is 1. The van der Waals surface area contributed by atoms with Crippen LogP contribution in [0.5, 0.6) is 5.75 Å². The smallest absolute Gasteiger partial charge is 0.359 e. The summed E-state index contributed by atoms with van der Waals surface area (Å²) in [6.45, 7) is 7.84. The largest absolute Gasteiger partial charge is 0.482 e. The Morgan fingerprint density at radius 1 is 1.21 bits per heavy atom. The van der Waals surface area contributed by atoms with Gasteiger partial charge in [-0.25, -0.2) is 9.48 Å². The van der Waals surface area contributed by atoms with E-state index >= 15 is 0 Å². The van der Waals surface area contributed by atoms with Crippen LogP contribution in [0.2, 0.25) is 10.0 Å². The predicted octanol–water partition coefficient (Wildman–Crippen LogP) is 5.96. The molecule has 0 saturated heterocycles. The van der Waals surface area contributed by atoms with Crippen LogP contribution in [0, 0.1) is 6.92 Å². The van der Waals surface area contributed by atoms with Crippen molar-refractivity contribution in [2.75, 3.05) is 6.61 Å². The van der Waals surface area contributed by atoms with Gasteiger partial charge in [0.1, 0.15) is 11.4 Å². The maximum absolute atomic E-state index is 12.7. The molecule has 0 bridgehead atoms. The average molecular weight is 431 g/mol. The summed E-state index contributed by atoms with van der Waals surface area (Å²) in [6.07, 6.45) is 0. The summed E-state index contributed by atoms with van der Waals surface area (Å²) in [6, 6.07) is 11.1. The van der Waals surface area contributed by atoms with E-state index in [0.717, 1.165) is 22.6 Å². The Hall–Kier alpha value is -2.50. The quantitative estimate of drug-likeness (QED) is 0.481. The second-order valence-electron chi connectivity index (χ2n) is 7.41. The van der Waals surface area contributed by atoms with Gasteiger partial charge in [0, 0.05) is 10.6 Å². The summed E-state index contributed by atoms with van der Waals surface area (Å²) in [4.78, 5) is 12.7. The molecular weight excluding hydrogens is 411 g/mol. The molecule has 150 valence electrons. The van der Waals surface area contributed by atoms with Gasteiger partial charge in [0.15, 0.2) is 5.69 Å². The van der Waals surface area contributed by atoms with Crippen LogP contribution in [0.15, 0.2) is 36.4 Å². The standard InChI is InChI=1S/C22H20Cl2N2O3/c1-5-28-21(27)19-18-20(26(25-19)16-9-7-13(23)11-15(16)24)14-8-6-12(2)10-17(14)29-22(18,3)4/h6-11H,5H2,1-4H3. The number of halogens is 2. The Kier molecular flexibility index (Phi) is 4.83. The molecule has 7 heteroatoms. The van der Waals surface area contributed by atoms with Crippen molar-refractivity contribution in [3.05, 3.63) is 63.3 Å². The number of aromatic nitrogens is 2. The van der Waals surface area contributed by atoms with Gasteiger partial charge in [0.25, 0.3) is 0 Å². The molecule has 0 fully saturated rings. The van der Waals surface area contributed by atoms with Gasteiger partial charge in [-0.15, -0.1) is 0 Å². The first kappa shape index (κ1) is 19.8. The zero-order chi connectivity index (χ0) is 20.9. The predicted molar refractivity (Wildman–Crippen MR) is 113 cm³/mol. The molecule has 0 atom stereocenters. The Morgan fingerprint density at radius 3 is 2.66 bits per heavy atom. The average Bonchev–Trinajstić information content (AvgIpc) is 3.03. The molecule has 29 heavy (non-hydrogen) atoms. The molecule has 1 aromatic heterocycles. The molecule has 0 radical (unpaired) electrons. The number of ether oxygens (including phenoxy) is 2. The number of carbonyl (C=O) groups is 1. The zero-order valence-corrected chi connectivity index (χ0v) is 18.1. The number of benzene rings is 2. The van der Waals surface area contributed by atoms with E-state index in [4.69, 9.17) is 32.7 Å². The summed E-state index contributed by atoms with van der Waals surface area (Å²) in [5.74, 6) is 0.226. The topological polar surface area (TPSA) is 53.3 Å². The van der Waals surface area contributed by atoms with E-state index in [-0.39, 0.29) is 12.3 Å². The molecular formula is C22H20Cl2N2O3. The lowest BCUT2D eigenvalue weighted by molar-refractivity contribution is 0.0500. The Labute approximate surface area is 179 Å². The van der Waals surface area contributed by atoms with Crippen molar-refractivity contribution >= 4 is 29.2 Å². The Bertz CT molecular complexity index is 1140. The summed E-state index contributed by atoms with van der Waals surface area (Å²) in [5, 5.41) is 5.57. The number of hydrogen-bond acceptors (Lipinski definition) is 4. The molecule has 0 unspecified atom stereocenters. The first-order valence-electron chi connectivity index (χ1n) is 9.29. The fourth-order valence-electron chi connectivity index (χ4n) is 3.64. The third-order valence-corrected chi connectivity index (χ3v) is 5.39. The van der Waals surface area contributed by atoms with E-state index in [2.05, 4.69) is 5.10 Å². The number of carbonyl (C=O) groups excluding carboxylic acids is 1. The van der Waals surface area contributed by atoms with Crippen molar-refractivity contribution in [3.63, 3.8) is 0 Å². The first-order valence-corrected chi connectivity index (χ1v) is 10.0. The normalized spacial score (nSPS) is 14.0. The lowest BCUT2D eigenvalue weighted by Crippen LogP contribution is -2.31. The molecule has 1 aliphatic rings. The number of nitrogens with zero attached hydrogens (tertiary/aromatic N) is 2. The van der Waals surface area contributed by atoms with E-state index in [1.54, 1.807) is 29.8 Å². The van der Waals surface area contributed by atoms with Crippen LogP contribution in [-0.4, -0.2) is 22.4 Å². The lowest BCUT2D eigenvalue weighted by Gasteiger charge is -2.33. The van der Waals surface area contributed by atoms with Gasteiger partial charge in [0.2, 0.25) is 0 Å². The molecule has 4 rings (SSSR count). The van der Waals surface area contributed by atoms with E-state index < -0.39 is 11.6 Å². The molecule has 3 aromatic rings. The van der Waals surface area contributed by atoms with E-state index in [1.165, 1.54) is 0 Å². The highest BCUT2D eigenvalue weighted by Gasteiger charge is 2.41. The van der Waals surface area contributed by atoms with Gasteiger partial charge < -0.3 is 9.47 Å². The van der Waals surface area contributed by atoms with Gasteiger partial charge in [0.05, 0.1) is 28.6 Å². The summed E-state index contributed by atoms with van der Waals surface area (Å²) >= 11 is 12.6. The van der Waals surface area contributed by atoms with Crippen LogP contribution in [-0.2, 0) is 10.3 Å². The minimum atomic E-state index is -0.796. The van der Waals surface area contributed by atoms with Crippen LogP contribution in [0.25, 0.3) is 16.9 Å². The Balaban J connectivity index is 2.08. The second-order valence-corrected chi connectivity index (χ2v) is 8.26. The highest BCUT2D eigenvalue weighted by molar-refractivity contribution is 6.35. The molecule has 2 heterocycles. The van der Waals surface area contributed by atoms with Crippen molar-refractivity contribution in [3.8, 4) is 22.7 Å². The SMILES string of the molecule is CCOC(=O)c1nn(-c2ccc(Cl)cc2Cl)c2c1C(C)(C)Oc1cc(C)ccc1-2. The minimum Gasteiger partial charge on any atom is -0.482 e. The fraction of sp³-hybridized carbons (Fsp3) is 0.273. The van der Waals surface area contributed by atoms with Crippen LogP contribution >= 0.6 is 23.2 Å². The molecule has 0 aliphatic carbocycles. The number of hydrogen-bond donors (Lipinski definition) is 0. The van der Waals surface area contributed by atoms with Crippen molar-refractivity contribution in [1.29, 1.82) is 0 Å². The molecule has 0 amide bonds. The van der Waals surface area contributed by atoms with E-state index in [9.17, 15) is 4.79 Å². The van der Waals surface area contributed by atoms with Crippen LogP contribution in [0.1, 0.15) is 42.4 Å². The first-order chi connectivity index (χ1) is 13.7. The monoisotopic (exact) mass is 430 g/mol. The molecule has 5 nitrogen and oxygen atoms in total. The van der Waals surface area contributed by atoms with Crippen molar-refractivity contribution < 1.29 is 14.3 Å². The summed E-state index contributed by atoms with van der Waals surface area (Å²) in [7, 11) is 0. The minimum absolute atomic E-state index is 0.212. The molecule has 2 aromatic carbocycles. The highest BCUT2D eigenvalue weighted by Crippen LogP contribution is 2.48. The van der Waals surface area contributed by atoms with Crippen LogP contribution < -0.4 is 4.74 Å². The van der Waals surface area contributed by atoms with Crippen molar-refractivity contribution in [2.45, 2.75) is 33.3 Å². The zero-order valence-electron chi connectivity index (χ0n) is 16.5. The maximum Gasteiger partial charge on any atom is 0.359 e. The van der Waals surface area contributed by atoms with Crippen molar-refractivity contribution in [1.82, 2.24) is 9.78 Å². The highest BCUT2D eigenvalue weighted by atomic mass is 35.5. The van der Waals surface area contributed by atoms with Gasteiger partial charge >= 0.3 is 5.97 Å². The fourth-order valence-corrected chi connectivity index (χ4v) is 4.13. The van der Waals surface area contributed by atoms with Crippen LogP contribution in [0.4, 0.5) is 0 Å². The third kappa shape index (κ3) is 3.28. The van der Waals surface area contributed by atoms with Gasteiger partial charge in [-0.2, -0.15) is 5.10 Å². The molecule has 1 aliphatic heterocycles. The lowest BCUT2D eigenvalue weighted by atomic mass is 9.88. The number of fused-ring (bicyclic) bond motifs is 3. The summed E-state index contributed by atoms with van der Waals surface area (Å²) < 4.78 is 13.2. The van der Waals surface area contributed by atoms with Gasteiger partial charge in [-0.05, 0) is 63.6 Å². The van der Waals surface area contributed by atoms with E-state index in [1.807, 2.05) is 39.0 Å². The van der Waals surface area contributed by atoms with Crippen molar-refractivity contribution in [2.24, 2.45) is 0 Å². The molecule has 0 spiro atoms. The van der Waals surface area contributed by atoms with Gasteiger partial charge in [-0.3, -0.25) is 0 Å². The van der Waals surface area contributed by atoms with E-state index in [0.29, 0.717) is 21.3 Å². The molecule has 0 N–H and O–H groups in total. The maximum atomic E-state index is 12.7. The number of rotatable bonds is 3. The summed E-state index contributed by atoms with van der Waals surface area (Å²) in [5.41, 5.74) is 3.36. The number of esters is 1. The van der Waals surface area contributed by atoms with Gasteiger partial charge in [-0.1, -0.05) is 29.3 Å². The second kappa shape index (κ2) is 7.08.